The maximum absolute atomic E-state index is 14.3. The fourth-order valence-corrected chi connectivity index (χ4v) is 3.38. The van der Waals surface area contributed by atoms with Crippen LogP contribution in [0.25, 0.3) is 0 Å². The molecule has 0 saturated heterocycles. The maximum atomic E-state index is 14.3. The summed E-state index contributed by atoms with van der Waals surface area (Å²) in [7, 11) is 0. The fourth-order valence-electron chi connectivity index (χ4n) is 3.38. The lowest BCUT2D eigenvalue weighted by Gasteiger charge is -2.16. The number of nitrogens with two attached hydrogens (primary N) is 1. The first-order valence-electron chi connectivity index (χ1n) is 10.5. The molecule has 0 spiro atoms. The number of nitrogens with one attached hydrogen (secondary N) is 2. The summed E-state index contributed by atoms with van der Waals surface area (Å²) in [5, 5.41) is 4.71. The fraction of sp³-hybridized carbons (Fsp3) is 0.0800. The summed E-state index contributed by atoms with van der Waals surface area (Å²) in [5.74, 6) is -2.60. The number of hydrogen-bond donors (Lipinski definition) is 3. The molecule has 0 aromatic heterocycles. The Kier molecular flexibility index (Phi) is 6.42. The highest BCUT2D eigenvalue weighted by atomic mass is 19.4. The number of ether oxygens (including phenoxy) is 1. The predicted molar refractivity (Wildman–Crippen MR) is 126 cm³/mol. The quantitative estimate of drug-likeness (QED) is 0.238. The molecule has 0 aliphatic rings. The van der Waals surface area contributed by atoms with E-state index >= 15 is 0 Å². The Morgan fingerprint density at radius 2 is 1.62 bits per heavy atom. The average Bonchev–Trinajstić information content (AvgIpc) is 2.84. The summed E-state index contributed by atoms with van der Waals surface area (Å²) in [6.45, 7) is 1.51. The topological polar surface area (TPSA) is 111 Å². The van der Waals surface area contributed by atoms with Gasteiger partial charge in [0, 0.05) is 5.69 Å². The lowest BCUT2D eigenvalue weighted by Crippen LogP contribution is -2.36. The number of halogens is 5. The van der Waals surface area contributed by atoms with Gasteiger partial charge < -0.3 is 21.1 Å². The predicted octanol–water partition coefficient (Wildman–Crippen LogP) is 5.26. The van der Waals surface area contributed by atoms with Crippen molar-refractivity contribution in [2.24, 2.45) is 0 Å². The molecule has 0 unspecified atom stereocenters. The van der Waals surface area contributed by atoms with Crippen molar-refractivity contribution in [3.05, 3.63) is 103 Å². The number of nitrogen functional groups attached to an aromatic ring is 1. The van der Waals surface area contributed by atoms with Crippen LogP contribution in [0.3, 0.4) is 0 Å². The Labute approximate surface area is 205 Å². The third kappa shape index (κ3) is 5.13. The largest absolute Gasteiger partial charge is 0.456 e. The molecule has 0 bridgehead atoms. The highest BCUT2D eigenvalue weighted by Gasteiger charge is 2.32. The zero-order chi connectivity index (χ0) is 27.1. The third-order valence-electron chi connectivity index (χ3n) is 5.34. The van der Waals surface area contributed by atoms with Crippen molar-refractivity contribution in [1.82, 2.24) is 0 Å². The van der Waals surface area contributed by atoms with Gasteiger partial charge in [0.2, 0.25) is 0 Å². The Hall–Kier alpha value is -4.74. The van der Waals surface area contributed by atoms with Crippen LogP contribution in [0.4, 0.5) is 44.7 Å². The number of rotatable bonds is 6. The number of benzene rings is 3. The van der Waals surface area contributed by atoms with Crippen molar-refractivity contribution in [3.8, 4) is 11.5 Å². The molecule has 4 aromatic rings. The molecule has 0 aliphatic carbocycles. The highest BCUT2D eigenvalue weighted by molar-refractivity contribution is 6.06. The van der Waals surface area contributed by atoms with E-state index in [1.54, 1.807) is 0 Å². The molecule has 0 heterocycles. The zero-order valence-corrected chi connectivity index (χ0v) is 18.8. The second kappa shape index (κ2) is 9.37. The smallest absolute Gasteiger partial charge is 0.416 e. The van der Waals surface area contributed by atoms with Crippen molar-refractivity contribution >= 4 is 28.7 Å². The summed E-state index contributed by atoms with van der Waals surface area (Å²) in [6.07, 6.45) is -4.77. The van der Waals surface area contributed by atoms with Crippen LogP contribution in [-0.2, 0) is 6.18 Å². The number of carbonyl (C=O) groups excluding carboxylic acids is 1. The van der Waals surface area contributed by atoms with Crippen molar-refractivity contribution in [1.29, 1.82) is 0 Å². The van der Waals surface area contributed by atoms with Gasteiger partial charge in [-0.1, -0.05) is 0 Å². The first-order chi connectivity index (χ1) is 17.3. The number of alkyl halides is 3. The van der Waals surface area contributed by atoms with Gasteiger partial charge in [0.05, 0.1) is 16.8 Å². The van der Waals surface area contributed by atoms with Gasteiger partial charge in [-0.2, -0.15) is 13.2 Å². The summed E-state index contributed by atoms with van der Waals surface area (Å²) in [5.41, 5.74) is 1.14. The van der Waals surface area contributed by atoms with Gasteiger partial charge in [-0.25, -0.2) is 8.78 Å². The first-order valence-corrected chi connectivity index (χ1v) is 10.5. The number of aryl methyl sites for hydroxylation is 1. The minimum Gasteiger partial charge on any atom is -0.456 e. The molecule has 0 saturated carbocycles. The summed E-state index contributed by atoms with van der Waals surface area (Å²) in [4.78, 5) is 35.9. The van der Waals surface area contributed by atoms with E-state index in [9.17, 15) is 36.3 Å². The standard InChI is InChI=1S/C25H16F5N3O4/c1-11-8-13(26)3-7-18(11)37-19-6-2-12(25(28,29)30)9-15(19)24(36)32-14-4-5-16(27)17(10-14)33-21-20(31)22(34)23(21)35/h2-10,33H,31H2,1H3,(H,32,36). The summed E-state index contributed by atoms with van der Waals surface area (Å²) >= 11 is 0. The number of hydrogen-bond acceptors (Lipinski definition) is 6. The van der Waals surface area contributed by atoms with Crippen LogP contribution >= 0.6 is 0 Å². The third-order valence-corrected chi connectivity index (χ3v) is 5.34. The minimum atomic E-state index is -4.77. The van der Waals surface area contributed by atoms with Crippen molar-refractivity contribution in [2.45, 2.75) is 13.1 Å². The van der Waals surface area contributed by atoms with E-state index in [1.165, 1.54) is 13.0 Å². The Morgan fingerprint density at radius 1 is 0.919 bits per heavy atom. The Morgan fingerprint density at radius 3 is 2.27 bits per heavy atom. The first kappa shape index (κ1) is 25.4. The number of anilines is 4. The van der Waals surface area contributed by atoms with Gasteiger partial charge in [0.15, 0.2) is 0 Å². The highest BCUT2D eigenvalue weighted by Crippen LogP contribution is 2.35. The molecule has 37 heavy (non-hydrogen) atoms. The molecule has 1 amide bonds. The van der Waals surface area contributed by atoms with E-state index in [-0.39, 0.29) is 34.2 Å². The van der Waals surface area contributed by atoms with Crippen LogP contribution in [0.1, 0.15) is 21.5 Å². The normalized spacial score (nSPS) is 11.4. The molecule has 4 aromatic carbocycles. The molecule has 0 fully saturated rings. The van der Waals surface area contributed by atoms with Crippen LogP contribution in [0.5, 0.6) is 11.5 Å². The van der Waals surface area contributed by atoms with Gasteiger partial charge >= 0.3 is 6.18 Å². The number of carbonyl (C=O) groups is 1. The molecule has 0 atom stereocenters. The van der Waals surface area contributed by atoms with Gasteiger partial charge in [-0.05, 0) is 67.1 Å². The van der Waals surface area contributed by atoms with Crippen LogP contribution in [0.2, 0.25) is 0 Å². The van der Waals surface area contributed by atoms with Gasteiger partial charge in [0.25, 0.3) is 16.8 Å². The molecule has 12 heteroatoms. The molecule has 4 N–H and O–H groups in total. The van der Waals surface area contributed by atoms with Crippen molar-refractivity contribution in [3.63, 3.8) is 0 Å². The molecular formula is C25H16F5N3O4. The zero-order valence-electron chi connectivity index (χ0n) is 18.8. The summed E-state index contributed by atoms with van der Waals surface area (Å²) in [6, 6.07) is 8.85. The summed E-state index contributed by atoms with van der Waals surface area (Å²) < 4.78 is 73.3. The monoisotopic (exact) mass is 517 g/mol. The lowest BCUT2D eigenvalue weighted by atomic mass is 10.1. The molecule has 0 radical (unpaired) electrons. The van der Waals surface area contributed by atoms with E-state index in [2.05, 4.69) is 10.6 Å². The maximum Gasteiger partial charge on any atom is 0.416 e. The second-order valence-corrected chi connectivity index (χ2v) is 7.94. The van der Waals surface area contributed by atoms with Crippen molar-refractivity contribution < 1.29 is 31.5 Å². The van der Waals surface area contributed by atoms with Gasteiger partial charge in [-0.15, -0.1) is 0 Å². The van der Waals surface area contributed by atoms with Crippen molar-refractivity contribution in [2.75, 3.05) is 16.4 Å². The van der Waals surface area contributed by atoms with E-state index in [0.29, 0.717) is 11.6 Å². The van der Waals surface area contributed by atoms with E-state index in [0.717, 1.165) is 42.5 Å². The van der Waals surface area contributed by atoms with E-state index in [4.69, 9.17) is 10.5 Å². The molecule has 0 aliphatic heterocycles. The molecular weight excluding hydrogens is 501 g/mol. The SMILES string of the molecule is Cc1cc(F)ccc1Oc1ccc(C(F)(F)F)cc1C(=O)Nc1ccc(F)c(Nc2c(N)c(=O)c2=O)c1. The lowest BCUT2D eigenvalue weighted by molar-refractivity contribution is -0.137. The Bertz CT molecular complexity index is 1610. The Balaban J connectivity index is 1.67. The average molecular weight is 517 g/mol. The molecule has 7 nitrogen and oxygen atoms in total. The van der Waals surface area contributed by atoms with E-state index < -0.39 is 45.7 Å². The van der Waals surface area contributed by atoms with Crippen LogP contribution in [0, 0.1) is 18.6 Å². The van der Waals surface area contributed by atoms with Crippen LogP contribution in [0.15, 0.2) is 64.2 Å². The second-order valence-electron chi connectivity index (χ2n) is 7.94. The molecule has 190 valence electrons. The number of amides is 1. The minimum absolute atomic E-state index is 0.0625. The van der Waals surface area contributed by atoms with Gasteiger partial charge in [-0.3, -0.25) is 14.4 Å². The van der Waals surface area contributed by atoms with Gasteiger partial charge in [0.1, 0.15) is 34.5 Å². The van der Waals surface area contributed by atoms with Crippen LogP contribution < -0.4 is 32.0 Å². The molecule has 4 rings (SSSR count). The van der Waals surface area contributed by atoms with Crippen LogP contribution in [-0.4, -0.2) is 5.91 Å². The van der Waals surface area contributed by atoms with E-state index in [1.807, 2.05) is 0 Å².